The lowest BCUT2D eigenvalue weighted by Gasteiger charge is -2.13. The van der Waals surface area contributed by atoms with Crippen LogP contribution < -0.4 is 0 Å². The molecule has 0 amide bonds. The van der Waals surface area contributed by atoms with Gasteiger partial charge in [0.25, 0.3) is 0 Å². The van der Waals surface area contributed by atoms with Crippen LogP contribution in [0, 0.1) is 0 Å². The van der Waals surface area contributed by atoms with E-state index in [2.05, 4.69) is 10.1 Å². The van der Waals surface area contributed by atoms with Crippen LogP contribution in [0.2, 0.25) is 5.02 Å². The highest BCUT2D eigenvalue weighted by atomic mass is 35.5. The minimum absolute atomic E-state index is 0.0950. The van der Waals surface area contributed by atoms with Gasteiger partial charge in [-0.25, -0.2) is 9.59 Å². The van der Waals surface area contributed by atoms with Crippen LogP contribution in [0.5, 0.6) is 0 Å². The van der Waals surface area contributed by atoms with Crippen LogP contribution in [0.1, 0.15) is 23.7 Å². The SMILES string of the molecule is COC=C(C(=O)O)c1ccccc1C(=NOC(C)=O)c1cc2c(Cl)cccc2cn1. The van der Waals surface area contributed by atoms with Crippen molar-refractivity contribution >= 4 is 45.6 Å². The Morgan fingerprint density at radius 2 is 1.87 bits per heavy atom. The molecule has 0 atom stereocenters. The maximum Gasteiger partial charge on any atom is 0.339 e. The van der Waals surface area contributed by atoms with Gasteiger partial charge in [0.2, 0.25) is 0 Å². The van der Waals surface area contributed by atoms with Gasteiger partial charge in [-0.15, -0.1) is 0 Å². The van der Waals surface area contributed by atoms with Gasteiger partial charge in [-0.05, 0) is 12.1 Å². The van der Waals surface area contributed by atoms with Crippen molar-refractivity contribution < 1.29 is 24.3 Å². The summed E-state index contributed by atoms with van der Waals surface area (Å²) in [5.41, 5.74) is 1.14. The molecule has 0 aliphatic carbocycles. The van der Waals surface area contributed by atoms with Crippen molar-refractivity contribution in [3.63, 3.8) is 0 Å². The summed E-state index contributed by atoms with van der Waals surface area (Å²) < 4.78 is 4.93. The van der Waals surface area contributed by atoms with E-state index in [9.17, 15) is 14.7 Å². The van der Waals surface area contributed by atoms with Crippen molar-refractivity contribution in [1.82, 2.24) is 4.98 Å². The molecule has 0 saturated carbocycles. The van der Waals surface area contributed by atoms with Gasteiger partial charge in [-0.3, -0.25) is 4.98 Å². The van der Waals surface area contributed by atoms with Gasteiger partial charge >= 0.3 is 11.9 Å². The lowest BCUT2D eigenvalue weighted by molar-refractivity contribution is -0.141. The first kappa shape index (κ1) is 21.0. The van der Waals surface area contributed by atoms with E-state index >= 15 is 0 Å². The Morgan fingerprint density at radius 1 is 1.13 bits per heavy atom. The minimum atomic E-state index is -1.19. The third-order valence-electron chi connectivity index (χ3n) is 4.16. The zero-order chi connectivity index (χ0) is 21.7. The van der Waals surface area contributed by atoms with Crippen LogP contribution in [0.4, 0.5) is 0 Å². The van der Waals surface area contributed by atoms with E-state index in [1.165, 1.54) is 14.0 Å². The summed E-state index contributed by atoms with van der Waals surface area (Å²) >= 11 is 6.32. The number of aromatic nitrogens is 1. The van der Waals surface area contributed by atoms with Crippen molar-refractivity contribution in [1.29, 1.82) is 0 Å². The Hall–Kier alpha value is -3.71. The number of carboxylic acid groups (broad SMARTS) is 1. The van der Waals surface area contributed by atoms with Crippen molar-refractivity contribution in [3.05, 3.63) is 82.8 Å². The van der Waals surface area contributed by atoms with E-state index in [4.69, 9.17) is 21.2 Å². The molecule has 1 heterocycles. The van der Waals surface area contributed by atoms with Gasteiger partial charge in [-0.2, -0.15) is 0 Å². The Labute approximate surface area is 177 Å². The number of carbonyl (C=O) groups is 2. The molecular formula is C22H17ClN2O5. The Bertz CT molecular complexity index is 1190. The molecule has 3 aromatic rings. The molecule has 0 aliphatic rings. The highest BCUT2D eigenvalue weighted by molar-refractivity contribution is 6.35. The number of carboxylic acids is 1. The number of aliphatic carboxylic acids is 1. The summed E-state index contributed by atoms with van der Waals surface area (Å²) in [6.07, 6.45) is 2.74. The number of ether oxygens (including phenoxy) is 1. The van der Waals surface area contributed by atoms with Gasteiger partial charge in [0.15, 0.2) is 0 Å². The molecule has 3 rings (SSSR count). The van der Waals surface area contributed by atoms with E-state index < -0.39 is 11.9 Å². The summed E-state index contributed by atoms with van der Waals surface area (Å²) in [7, 11) is 1.35. The highest BCUT2D eigenvalue weighted by Crippen LogP contribution is 2.27. The molecule has 0 bridgehead atoms. The third kappa shape index (κ3) is 4.47. The molecule has 7 nitrogen and oxygen atoms in total. The second-order valence-corrected chi connectivity index (χ2v) is 6.58. The molecule has 8 heteroatoms. The molecule has 0 saturated heterocycles. The molecule has 0 unspecified atom stereocenters. The van der Waals surface area contributed by atoms with E-state index in [1.807, 2.05) is 12.1 Å². The fourth-order valence-electron chi connectivity index (χ4n) is 2.88. The quantitative estimate of drug-likeness (QED) is 0.208. The molecule has 152 valence electrons. The van der Waals surface area contributed by atoms with Gasteiger partial charge < -0.3 is 14.7 Å². The molecule has 0 radical (unpaired) electrons. The Morgan fingerprint density at radius 3 is 2.53 bits per heavy atom. The van der Waals surface area contributed by atoms with Gasteiger partial charge in [0.05, 0.1) is 19.1 Å². The fourth-order valence-corrected chi connectivity index (χ4v) is 3.11. The van der Waals surface area contributed by atoms with Crippen LogP contribution in [-0.2, 0) is 19.2 Å². The maximum atomic E-state index is 11.8. The number of halogens is 1. The van der Waals surface area contributed by atoms with Crippen molar-refractivity contribution in [2.75, 3.05) is 7.11 Å². The summed E-state index contributed by atoms with van der Waals surface area (Å²) in [4.78, 5) is 32.5. The molecule has 2 aromatic carbocycles. The number of hydrogen-bond donors (Lipinski definition) is 1. The van der Waals surface area contributed by atoms with Gasteiger partial charge in [-0.1, -0.05) is 53.2 Å². The van der Waals surface area contributed by atoms with E-state index in [-0.39, 0.29) is 11.3 Å². The number of pyridine rings is 1. The number of nitrogens with zero attached hydrogens (tertiary/aromatic N) is 2. The second-order valence-electron chi connectivity index (χ2n) is 6.17. The molecule has 0 aliphatic heterocycles. The summed E-state index contributed by atoms with van der Waals surface area (Å²) in [6, 6.07) is 13.8. The maximum absolute atomic E-state index is 11.8. The standard InChI is InChI=1S/C22H17ClN2O5/c1-13(26)30-25-21(20-10-17-14(11-24-20)6-5-9-19(17)23)16-8-4-3-7-15(16)18(12-29-2)22(27)28/h3-12H,1-2H3,(H,27,28). The smallest absolute Gasteiger partial charge is 0.339 e. The second kappa shape index (κ2) is 9.19. The van der Waals surface area contributed by atoms with Crippen molar-refractivity contribution in [2.45, 2.75) is 6.92 Å². The topological polar surface area (TPSA) is 98.1 Å². The number of hydrogen-bond acceptors (Lipinski definition) is 6. The first-order valence-electron chi connectivity index (χ1n) is 8.78. The van der Waals surface area contributed by atoms with Crippen LogP contribution in [0.15, 0.2) is 66.1 Å². The van der Waals surface area contributed by atoms with Crippen LogP contribution in [0.3, 0.4) is 0 Å². The molecule has 1 N–H and O–H groups in total. The van der Waals surface area contributed by atoms with Gasteiger partial charge in [0.1, 0.15) is 11.3 Å². The Kier molecular flexibility index (Phi) is 6.44. The van der Waals surface area contributed by atoms with Gasteiger partial charge in [0, 0.05) is 40.0 Å². The number of carbonyl (C=O) groups excluding carboxylic acids is 1. The van der Waals surface area contributed by atoms with E-state index in [0.717, 1.165) is 17.0 Å². The van der Waals surface area contributed by atoms with E-state index in [1.54, 1.807) is 42.6 Å². The van der Waals surface area contributed by atoms with Crippen LogP contribution >= 0.6 is 11.6 Å². The molecule has 30 heavy (non-hydrogen) atoms. The Balaban J connectivity index is 2.26. The molecule has 1 aromatic heterocycles. The summed E-state index contributed by atoms with van der Waals surface area (Å²) in [5, 5.41) is 15.6. The van der Waals surface area contributed by atoms with Crippen molar-refractivity contribution in [3.8, 4) is 0 Å². The van der Waals surface area contributed by atoms with E-state index in [0.29, 0.717) is 21.8 Å². The largest absolute Gasteiger partial charge is 0.503 e. The number of fused-ring (bicyclic) bond motifs is 1. The fraction of sp³-hybridized carbons (Fsp3) is 0.0909. The first-order valence-corrected chi connectivity index (χ1v) is 9.16. The summed E-state index contributed by atoms with van der Waals surface area (Å²) in [6.45, 7) is 1.21. The minimum Gasteiger partial charge on any atom is -0.503 e. The number of benzene rings is 2. The number of methoxy groups -OCH3 is 1. The van der Waals surface area contributed by atoms with Crippen molar-refractivity contribution in [2.24, 2.45) is 5.16 Å². The third-order valence-corrected chi connectivity index (χ3v) is 4.49. The lowest BCUT2D eigenvalue weighted by Crippen LogP contribution is -2.13. The highest BCUT2D eigenvalue weighted by Gasteiger charge is 2.21. The van der Waals surface area contributed by atoms with Crippen LogP contribution in [-0.4, -0.2) is 34.9 Å². The average molecular weight is 425 g/mol. The summed E-state index contributed by atoms with van der Waals surface area (Å²) in [5.74, 6) is -1.82. The molecular weight excluding hydrogens is 408 g/mol. The lowest BCUT2D eigenvalue weighted by atomic mass is 9.95. The normalized spacial score (nSPS) is 12.0. The molecule has 0 fully saturated rings. The monoisotopic (exact) mass is 424 g/mol. The zero-order valence-electron chi connectivity index (χ0n) is 16.1. The van der Waals surface area contributed by atoms with Crippen LogP contribution in [0.25, 0.3) is 16.3 Å². The predicted molar refractivity (Wildman–Crippen MR) is 113 cm³/mol. The number of rotatable bonds is 6. The predicted octanol–water partition coefficient (Wildman–Crippen LogP) is 4.28. The molecule has 0 spiro atoms. The average Bonchev–Trinajstić information content (AvgIpc) is 2.73. The zero-order valence-corrected chi connectivity index (χ0v) is 16.9. The number of oxime groups is 1. The first-order chi connectivity index (χ1) is 14.4.